The number of hydrogen-bond donors (Lipinski definition) is 3. The van der Waals surface area contributed by atoms with E-state index in [4.69, 9.17) is 37.0 Å². The van der Waals surface area contributed by atoms with Gasteiger partial charge in [-0.25, -0.2) is 9.13 Å². The zero-order chi connectivity index (χ0) is 67.9. The highest BCUT2D eigenvalue weighted by Crippen LogP contribution is 2.45. The molecule has 0 saturated heterocycles. The van der Waals surface area contributed by atoms with E-state index in [9.17, 15) is 43.2 Å². The molecule has 0 amide bonds. The Morgan fingerprint density at radius 1 is 0.304 bits per heavy atom. The number of unbranched alkanes of at least 4 members (excludes halogenated alkanes) is 40. The molecular weight excluding hydrogens is 1210 g/mol. The van der Waals surface area contributed by atoms with Crippen molar-refractivity contribution in [3.63, 3.8) is 0 Å². The van der Waals surface area contributed by atoms with Crippen LogP contribution in [-0.2, 0) is 65.4 Å². The summed E-state index contributed by atoms with van der Waals surface area (Å²) in [6.07, 6.45) is 51.4. The van der Waals surface area contributed by atoms with Gasteiger partial charge in [-0.15, -0.1) is 0 Å². The number of phosphoric acid groups is 2. The Balaban J connectivity index is 5.21. The molecule has 0 aliphatic carbocycles. The summed E-state index contributed by atoms with van der Waals surface area (Å²) in [5, 5.41) is 10.6. The van der Waals surface area contributed by atoms with E-state index in [1.807, 2.05) is 0 Å². The molecular formula is C73H142O17P2. The van der Waals surface area contributed by atoms with Gasteiger partial charge in [0.15, 0.2) is 12.2 Å². The highest BCUT2D eigenvalue weighted by molar-refractivity contribution is 7.47. The molecule has 546 valence electrons. The molecule has 3 N–H and O–H groups in total. The first-order chi connectivity index (χ1) is 44.4. The molecule has 0 aliphatic heterocycles. The van der Waals surface area contributed by atoms with Crippen LogP contribution in [0.2, 0.25) is 0 Å². The Morgan fingerprint density at radius 3 is 0.772 bits per heavy atom. The molecule has 0 aromatic heterocycles. The first-order valence-corrected chi connectivity index (χ1v) is 41.1. The first kappa shape index (κ1) is 90.1. The molecule has 0 spiro atoms. The number of aliphatic hydroxyl groups is 1. The zero-order valence-corrected chi connectivity index (χ0v) is 61.6. The van der Waals surface area contributed by atoms with Crippen molar-refractivity contribution in [3.8, 4) is 0 Å². The summed E-state index contributed by atoms with van der Waals surface area (Å²) < 4.78 is 68.3. The predicted octanol–water partition coefficient (Wildman–Crippen LogP) is 21.2. The molecule has 0 bridgehead atoms. The van der Waals surface area contributed by atoms with Crippen LogP contribution >= 0.6 is 15.6 Å². The van der Waals surface area contributed by atoms with Gasteiger partial charge in [-0.2, -0.15) is 0 Å². The summed E-state index contributed by atoms with van der Waals surface area (Å²) in [7, 11) is -9.90. The van der Waals surface area contributed by atoms with Crippen LogP contribution in [0.15, 0.2) is 0 Å². The largest absolute Gasteiger partial charge is 0.472 e. The molecule has 0 heterocycles. The Hall–Kier alpha value is -1.94. The second-order valence-electron chi connectivity index (χ2n) is 26.8. The normalized spacial score (nSPS) is 14.7. The fourth-order valence-corrected chi connectivity index (χ4v) is 12.6. The van der Waals surface area contributed by atoms with Gasteiger partial charge in [0.1, 0.15) is 19.3 Å². The molecule has 7 atom stereocenters. The maximum atomic E-state index is 13.1. The molecule has 19 heteroatoms. The van der Waals surface area contributed by atoms with E-state index >= 15 is 0 Å². The SMILES string of the molecule is CCCCCCCCCCCCCCCCCCCCCC(=O)O[C@H](COC(=O)CCCCCCCCCCCCC(C)CC)COP(=O)(O)OC[C@@H](O)COP(=O)(O)OC[C@@H](COC(=O)CCCCCCCCCCC)OC(=O)CCCCCCCCC(C)CC. The van der Waals surface area contributed by atoms with Gasteiger partial charge < -0.3 is 33.8 Å². The zero-order valence-electron chi connectivity index (χ0n) is 59.9. The highest BCUT2D eigenvalue weighted by Gasteiger charge is 2.30. The lowest BCUT2D eigenvalue weighted by molar-refractivity contribution is -0.161. The van der Waals surface area contributed by atoms with E-state index in [1.54, 1.807) is 0 Å². The molecule has 0 aromatic carbocycles. The molecule has 0 aromatic rings. The summed E-state index contributed by atoms with van der Waals surface area (Å²) in [6.45, 7) is 9.53. The van der Waals surface area contributed by atoms with Gasteiger partial charge in [-0.3, -0.25) is 37.3 Å². The number of phosphoric ester groups is 2. The van der Waals surface area contributed by atoms with Crippen molar-refractivity contribution >= 4 is 39.5 Å². The molecule has 0 radical (unpaired) electrons. The molecule has 4 unspecified atom stereocenters. The van der Waals surface area contributed by atoms with Gasteiger partial charge >= 0.3 is 39.5 Å². The summed E-state index contributed by atoms with van der Waals surface area (Å²) in [6, 6.07) is 0. The Bertz CT molecular complexity index is 1790. The molecule has 17 nitrogen and oxygen atoms in total. The third kappa shape index (κ3) is 64.1. The van der Waals surface area contributed by atoms with E-state index < -0.39 is 97.5 Å². The molecule has 92 heavy (non-hydrogen) atoms. The predicted molar refractivity (Wildman–Crippen MR) is 372 cm³/mol. The smallest absolute Gasteiger partial charge is 0.462 e. The van der Waals surface area contributed by atoms with E-state index in [0.29, 0.717) is 25.7 Å². The maximum Gasteiger partial charge on any atom is 0.472 e. The van der Waals surface area contributed by atoms with Gasteiger partial charge in [0, 0.05) is 25.7 Å². The second kappa shape index (κ2) is 65.0. The lowest BCUT2D eigenvalue weighted by Gasteiger charge is -2.21. The van der Waals surface area contributed by atoms with Gasteiger partial charge in [0.25, 0.3) is 0 Å². The first-order valence-electron chi connectivity index (χ1n) is 38.1. The number of esters is 4. The van der Waals surface area contributed by atoms with Crippen molar-refractivity contribution in [2.24, 2.45) is 11.8 Å². The Labute approximate surface area is 562 Å². The monoisotopic (exact) mass is 1350 g/mol. The summed E-state index contributed by atoms with van der Waals surface area (Å²) in [4.78, 5) is 72.6. The number of hydrogen-bond acceptors (Lipinski definition) is 15. The average Bonchev–Trinajstić information content (AvgIpc) is 3.70. The Kier molecular flexibility index (Phi) is 63.7. The third-order valence-corrected chi connectivity index (χ3v) is 19.6. The van der Waals surface area contributed by atoms with Crippen molar-refractivity contribution < 1.29 is 80.2 Å². The van der Waals surface area contributed by atoms with Crippen LogP contribution < -0.4 is 0 Å². The highest BCUT2D eigenvalue weighted by atomic mass is 31.2. The number of aliphatic hydroxyl groups excluding tert-OH is 1. The number of carbonyl (C=O) groups is 4. The summed E-state index contributed by atoms with van der Waals surface area (Å²) in [5.41, 5.74) is 0. The van der Waals surface area contributed by atoms with Crippen molar-refractivity contribution in [1.82, 2.24) is 0 Å². The summed E-state index contributed by atoms with van der Waals surface area (Å²) in [5.74, 6) is -0.594. The Morgan fingerprint density at radius 2 is 0.522 bits per heavy atom. The van der Waals surface area contributed by atoms with Gasteiger partial charge in [0.2, 0.25) is 0 Å². The third-order valence-electron chi connectivity index (χ3n) is 17.7. The number of ether oxygens (including phenoxy) is 4. The standard InChI is InChI=1S/C73H142O17P2/c1-7-11-13-15-17-19-20-21-22-23-24-25-26-27-28-34-38-45-51-57-72(77)89-68(61-84-71(76)56-50-44-37-33-30-29-32-35-41-47-53-65(5)9-3)63-87-91(79,80)85-59-67(74)60-86-92(81,82)88-64-69(62-83-70(75)55-49-43-36-31-18-16-14-12-8-2)90-73(78)58-52-46-40-39-42-48-54-66(6)10-4/h65-69,74H,7-64H2,1-6H3,(H,79,80)(H,81,82)/t65?,66?,67-,68-,69-/m1/s1. The number of carbonyl (C=O) groups excluding carboxylic acids is 4. The maximum absolute atomic E-state index is 13.1. The minimum Gasteiger partial charge on any atom is -0.462 e. The van der Waals surface area contributed by atoms with Gasteiger partial charge in [-0.05, 0) is 37.5 Å². The van der Waals surface area contributed by atoms with Gasteiger partial charge in [-0.1, -0.05) is 324 Å². The molecule has 0 saturated carbocycles. The fraction of sp³-hybridized carbons (Fsp3) is 0.945. The van der Waals surface area contributed by atoms with Crippen LogP contribution in [0.3, 0.4) is 0 Å². The van der Waals surface area contributed by atoms with E-state index in [2.05, 4.69) is 41.5 Å². The quantitative estimate of drug-likeness (QED) is 0.0222. The molecule has 0 rings (SSSR count). The second-order valence-corrected chi connectivity index (χ2v) is 29.7. The lowest BCUT2D eigenvalue weighted by atomic mass is 9.99. The van der Waals surface area contributed by atoms with Crippen LogP contribution in [0.4, 0.5) is 0 Å². The summed E-state index contributed by atoms with van der Waals surface area (Å²) >= 11 is 0. The van der Waals surface area contributed by atoms with Crippen LogP contribution in [0.1, 0.15) is 375 Å². The molecule has 0 fully saturated rings. The van der Waals surface area contributed by atoms with Crippen molar-refractivity contribution in [3.05, 3.63) is 0 Å². The van der Waals surface area contributed by atoms with Crippen LogP contribution in [0.5, 0.6) is 0 Å². The molecule has 0 aliphatic rings. The van der Waals surface area contributed by atoms with E-state index in [0.717, 1.165) is 102 Å². The van der Waals surface area contributed by atoms with E-state index in [-0.39, 0.29) is 25.7 Å². The topological polar surface area (TPSA) is 237 Å². The lowest BCUT2D eigenvalue weighted by Crippen LogP contribution is -2.30. The van der Waals surface area contributed by atoms with Crippen LogP contribution in [0.25, 0.3) is 0 Å². The van der Waals surface area contributed by atoms with Gasteiger partial charge in [0.05, 0.1) is 26.4 Å². The number of rotatable bonds is 72. The van der Waals surface area contributed by atoms with E-state index in [1.165, 1.54) is 193 Å². The van der Waals surface area contributed by atoms with Crippen molar-refractivity contribution in [2.45, 2.75) is 394 Å². The van der Waals surface area contributed by atoms with Crippen molar-refractivity contribution in [2.75, 3.05) is 39.6 Å². The van der Waals surface area contributed by atoms with Crippen LogP contribution in [0, 0.1) is 11.8 Å². The minimum atomic E-state index is -4.95. The van der Waals surface area contributed by atoms with Crippen LogP contribution in [-0.4, -0.2) is 96.7 Å². The average molecular weight is 1350 g/mol. The van der Waals surface area contributed by atoms with Crippen molar-refractivity contribution in [1.29, 1.82) is 0 Å². The fourth-order valence-electron chi connectivity index (χ4n) is 11.1. The minimum absolute atomic E-state index is 0.103.